The summed E-state index contributed by atoms with van der Waals surface area (Å²) in [5, 5.41) is 9.31. The smallest absolute Gasteiger partial charge is 0.416 e. The van der Waals surface area contributed by atoms with Crippen LogP contribution in [-0.4, -0.2) is 10.2 Å². The summed E-state index contributed by atoms with van der Waals surface area (Å²) >= 11 is 0. The molecule has 4 aromatic rings. The summed E-state index contributed by atoms with van der Waals surface area (Å²) in [5.74, 6) is 0.147. The van der Waals surface area contributed by atoms with Crippen molar-refractivity contribution in [3.8, 4) is 22.9 Å². The van der Waals surface area contributed by atoms with Gasteiger partial charge in [-0.05, 0) is 42.5 Å². The molecule has 0 spiro atoms. The molecule has 0 fully saturated rings. The molecular formula is C21H12F4N2O. The van der Waals surface area contributed by atoms with Crippen LogP contribution >= 0.6 is 0 Å². The predicted octanol–water partition coefficient (Wildman–Crippen LogP) is 6.25. The summed E-state index contributed by atoms with van der Waals surface area (Å²) in [7, 11) is 0. The van der Waals surface area contributed by atoms with E-state index in [1.807, 2.05) is 0 Å². The second-order valence-corrected chi connectivity index (χ2v) is 6.03. The zero-order valence-corrected chi connectivity index (χ0v) is 14.2. The molecule has 0 saturated heterocycles. The van der Waals surface area contributed by atoms with Crippen LogP contribution in [0.4, 0.5) is 17.6 Å². The molecule has 4 rings (SSSR count). The van der Waals surface area contributed by atoms with E-state index in [0.29, 0.717) is 27.8 Å². The van der Waals surface area contributed by atoms with Gasteiger partial charge in [-0.25, -0.2) is 4.39 Å². The lowest BCUT2D eigenvalue weighted by molar-refractivity contribution is -0.137. The third-order valence-corrected chi connectivity index (χ3v) is 4.14. The monoisotopic (exact) mass is 384 g/mol. The molecule has 0 radical (unpaired) electrons. The largest absolute Gasteiger partial charge is 0.437 e. The lowest BCUT2D eigenvalue weighted by atomic mass is 10.0. The van der Waals surface area contributed by atoms with Crippen molar-refractivity contribution >= 4 is 10.8 Å². The molecule has 3 aromatic carbocycles. The Labute approximate surface area is 157 Å². The molecule has 0 amide bonds. The highest BCUT2D eigenvalue weighted by atomic mass is 19.4. The van der Waals surface area contributed by atoms with Gasteiger partial charge in [-0.2, -0.15) is 13.2 Å². The van der Waals surface area contributed by atoms with Crippen LogP contribution < -0.4 is 4.74 Å². The first kappa shape index (κ1) is 17.9. The van der Waals surface area contributed by atoms with Crippen LogP contribution in [0.3, 0.4) is 0 Å². The molecule has 0 aliphatic carbocycles. The summed E-state index contributed by atoms with van der Waals surface area (Å²) in [6, 6.07) is 17.3. The molecule has 1 heterocycles. The zero-order chi connectivity index (χ0) is 19.7. The van der Waals surface area contributed by atoms with Gasteiger partial charge in [-0.15, -0.1) is 10.2 Å². The molecule has 3 nitrogen and oxygen atoms in total. The Morgan fingerprint density at radius 3 is 2.18 bits per heavy atom. The average molecular weight is 384 g/mol. The van der Waals surface area contributed by atoms with Gasteiger partial charge in [-0.1, -0.05) is 30.3 Å². The fourth-order valence-electron chi connectivity index (χ4n) is 2.82. The molecule has 0 bridgehead atoms. The van der Waals surface area contributed by atoms with Gasteiger partial charge < -0.3 is 4.74 Å². The number of hydrogen-bond acceptors (Lipinski definition) is 3. The van der Waals surface area contributed by atoms with Gasteiger partial charge in [-0.3, -0.25) is 0 Å². The fourth-order valence-corrected chi connectivity index (χ4v) is 2.82. The van der Waals surface area contributed by atoms with Crippen LogP contribution in [0.15, 0.2) is 72.8 Å². The van der Waals surface area contributed by atoms with Gasteiger partial charge in [0.1, 0.15) is 17.3 Å². The standard InChI is InChI=1S/C21H12F4N2O/c22-15-8-10-16(11-9-15)28-20-18-7-2-1-6-17(18)19(26-27-20)13-4-3-5-14(12-13)21(23,24)25/h1-12H. The number of alkyl halides is 3. The van der Waals surface area contributed by atoms with Crippen molar-refractivity contribution in [1.82, 2.24) is 10.2 Å². The molecule has 1 aromatic heterocycles. The van der Waals surface area contributed by atoms with Gasteiger partial charge in [0.2, 0.25) is 5.88 Å². The first-order valence-electron chi connectivity index (χ1n) is 8.28. The lowest BCUT2D eigenvalue weighted by Gasteiger charge is -2.12. The molecule has 0 aliphatic heterocycles. The Hall–Kier alpha value is -3.48. The molecule has 140 valence electrons. The maximum absolute atomic E-state index is 13.1. The molecule has 0 aliphatic rings. The van der Waals surface area contributed by atoms with E-state index in [2.05, 4.69) is 10.2 Å². The van der Waals surface area contributed by atoms with E-state index in [1.165, 1.54) is 30.3 Å². The number of benzene rings is 3. The predicted molar refractivity (Wildman–Crippen MR) is 96.5 cm³/mol. The molecule has 0 saturated carbocycles. The average Bonchev–Trinajstić information content (AvgIpc) is 2.69. The number of fused-ring (bicyclic) bond motifs is 1. The van der Waals surface area contributed by atoms with E-state index in [-0.39, 0.29) is 5.88 Å². The SMILES string of the molecule is Fc1ccc(Oc2nnc(-c3cccc(C(F)(F)F)c3)c3ccccc23)cc1. The highest BCUT2D eigenvalue weighted by molar-refractivity contribution is 5.97. The minimum Gasteiger partial charge on any atom is -0.437 e. The summed E-state index contributed by atoms with van der Waals surface area (Å²) in [4.78, 5) is 0. The van der Waals surface area contributed by atoms with Gasteiger partial charge in [0.05, 0.1) is 5.56 Å². The van der Waals surface area contributed by atoms with Crippen LogP contribution in [0.25, 0.3) is 22.0 Å². The number of ether oxygens (including phenoxy) is 1. The van der Waals surface area contributed by atoms with Crippen LogP contribution in [0.5, 0.6) is 11.6 Å². The van der Waals surface area contributed by atoms with Gasteiger partial charge in [0, 0.05) is 16.3 Å². The molecule has 0 atom stereocenters. The summed E-state index contributed by atoms with van der Waals surface area (Å²) in [5.41, 5.74) is -0.150. The summed E-state index contributed by atoms with van der Waals surface area (Å²) < 4.78 is 57.9. The van der Waals surface area contributed by atoms with E-state index < -0.39 is 17.6 Å². The Morgan fingerprint density at radius 1 is 0.750 bits per heavy atom. The number of aromatic nitrogens is 2. The fraction of sp³-hybridized carbons (Fsp3) is 0.0476. The molecule has 28 heavy (non-hydrogen) atoms. The maximum Gasteiger partial charge on any atom is 0.416 e. The molecule has 0 unspecified atom stereocenters. The van der Waals surface area contributed by atoms with Crippen molar-refractivity contribution in [2.75, 3.05) is 0 Å². The van der Waals surface area contributed by atoms with Crippen molar-refractivity contribution in [2.24, 2.45) is 0 Å². The van der Waals surface area contributed by atoms with Crippen molar-refractivity contribution in [1.29, 1.82) is 0 Å². The van der Waals surface area contributed by atoms with Crippen LogP contribution in [0.2, 0.25) is 0 Å². The van der Waals surface area contributed by atoms with Crippen LogP contribution in [-0.2, 0) is 6.18 Å². The minimum absolute atomic E-state index is 0.179. The normalized spacial score (nSPS) is 11.6. The molecule has 0 N–H and O–H groups in total. The van der Waals surface area contributed by atoms with Crippen LogP contribution in [0.1, 0.15) is 5.56 Å². The van der Waals surface area contributed by atoms with Gasteiger partial charge in [0.15, 0.2) is 0 Å². The number of halogens is 4. The summed E-state index contributed by atoms with van der Waals surface area (Å²) in [6.07, 6.45) is -4.45. The van der Waals surface area contributed by atoms with Gasteiger partial charge >= 0.3 is 6.18 Å². The van der Waals surface area contributed by atoms with Crippen molar-refractivity contribution in [3.63, 3.8) is 0 Å². The zero-order valence-electron chi connectivity index (χ0n) is 14.2. The number of hydrogen-bond donors (Lipinski definition) is 0. The Balaban J connectivity index is 1.81. The maximum atomic E-state index is 13.1. The van der Waals surface area contributed by atoms with Crippen molar-refractivity contribution in [3.05, 3.63) is 84.2 Å². The third kappa shape index (κ3) is 3.51. The second kappa shape index (κ2) is 6.92. The second-order valence-electron chi connectivity index (χ2n) is 6.03. The lowest BCUT2D eigenvalue weighted by Crippen LogP contribution is -2.05. The van der Waals surface area contributed by atoms with E-state index in [9.17, 15) is 17.6 Å². The van der Waals surface area contributed by atoms with Gasteiger partial charge in [0.25, 0.3) is 0 Å². The third-order valence-electron chi connectivity index (χ3n) is 4.14. The Kier molecular flexibility index (Phi) is 4.43. The first-order valence-corrected chi connectivity index (χ1v) is 8.28. The highest BCUT2D eigenvalue weighted by Gasteiger charge is 2.30. The first-order chi connectivity index (χ1) is 13.4. The van der Waals surface area contributed by atoms with E-state index in [4.69, 9.17) is 4.74 Å². The minimum atomic E-state index is -4.45. The topological polar surface area (TPSA) is 35.0 Å². The number of rotatable bonds is 3. The number of nitrogens with zero attached hydrogens (tertiary/aromatic N) is 2. The molecule has 7 heteroatoms. The highest BCUT2D eigenvalue weighted by Crippen LogP contribution is 2.36. The Morgan fingerprint density at radius 2 is 1.46 bits per heavy atom. The van der Waals surface area contributed by atoms with Crippen LogP contribution in [0, 0.1) is 5.82 Å². The molecular weight excluding hydrogens is 372 g/mol. The quantitative estimate of drug-likeness (QED) is 0.392. The van der Waals surface area contributed by atoms with Crippen molar-refractivity contribution in [2.45, 2.75) is 6.18 Å². The van der Waals surface area contributed by atoms with E-state index in [1.54, 1.807) is 30.3 Å². The Bertz CT molecular complexity index is 1140. The van der Waals surface area contributed by atoms with E-state index in [0.717, 1.165) is 12.1 Å². The summed E-state index contributed by atoms with van der Waals surface area (Å²) in [6.45, 7) is 0. The van der Waals surface area contributed by atoms with Crippen molar-refractivity contribution < 1.29 is 22.3 Å². The van der Waals surface area contributed by atoms with E-state index >= 15 is 0 Å².